The van der Waals surface area contributed by atoms with Crippen molar-refractivity contribution < 1.29 is 14.7 Å². The fourth-order valence-electron chi connectivity index (χ4n) is 2.38. The van der Waals surface area contributed by atoms with Crippen LogP contribution < -0.4 is 16.4 Å². The van der Waals surface area contributed by atoms with E-state index in [-0.39, 0.29) is 17.0 Å². The van der Waals surface area contributed by atoms with Crippen LogP contribution in [-0.4, -0.2) is 35.5 Å². The predicted octanol–water partition coefficient (Wildman–Crippen LogP) is 0.983. The van der Waals surface area contributed by atoms with Crippen molar-refractivity contribution in [2.45, 2.75) is 32.3 Å². The average Bonchev–Trinajstić information content (AvgIpc) is 2.88. The lowest BCUT2D eigenvalue weighted by Gasteiger charge is -2.20. The van der Waals surface area contributed by atoms with Gasteiger partial charge in [-0.1, -0.05) is 6.92 Å². The molecule has 1 aliphatic rings. The number of amides is 1. The Labute approximate surface area is 121 Å². The van der Waals surface area contributed by atoms with E-state index >= 15 is 0 Å². The zero-order valence-electron chi connectivity index (χ0n) is 11.6. The number of anilines is 2. The number of carbonyl (C=O) groups excluding carboxylic acids is 2. The molecule has 1 atom stereocenters. The Morgan fingerprint density at radius 1 is 1.50 bits per heavy atom. The molecule has 1 unspecified atom stereocenters. The number of nitrogens with zero attached hydrogens (tertiary/aromatic N) is 1. The van der Waals surface area contributed by atoms with Crippen molar-refractivity contribution in [1.82, 2.24) is 0 Å². The molecule has 0 spiro atoms. The van der Waals surface area contributed by atoms with Gasteiger partial charge in [-0.05, 0) is 13.3 Å². The van der Waals surface area contributed by atoms with E-state index in [0.717, 1.165) is 0 Å². The zero-order valence-corrected chi connectivity index (χ0v) is 12.4. The molecule has 110 valence electrons. The maximum atomic E-state index is 11.9. The van der Waals surface area contributed by atoms with E-state index in [1.165, 1.54) is 11.3 Å². The molecule has 0 saturated carbocycles. The molecule has 2 rings (SSSR count). The monoisotopic (exact) mass is 297 g/mol. The second-order valence-electron chi connectivity index (χ2n) is 5.33. The molecule has 1 aromatic rings. The van der Waals surface area contributed by atoms with Gasteiger partial charge < -0.3 is 21.5 Å². The molecule has 1 fully saturated rings. The summed E-state index contributed by atoms with van der Waals surface area (Å²) >= 11 is 1.18. The highest BCUT2D eigenvalue weighted by molar-refractivity contribution is 7.19. The highest BCUT2D eigenvalue weighted by Gasteiger charge is 2.35. The van der Waals surface area contributed by atoms with Crippen LogP contribution in [0.3, 0.4) is 0 Å². The minimum Gasteiger partial charge on any atom is -0.397 e. The molecule has 7 heteroatoms. The van der Waals surface area contributed by atoms with Crippen molar-refractivity contribution in [2.75, 3.05) is 23.7 Å². The Morgan fingerprint density at radius 3 is 2.60 bits per heavy atom. The number of hydrogen-bond donors (Lipinski definition) is 3. The van der Waals surface area contributed by atoms with Crippen LogP contribution in [0.1, 0.15) is 46.7 Å². The van der Waals surface area contributed by atoms with Gasteiger partial charge in [-0.25, -0.2) is 0 Å². The number of hydrogen-bond acceptors (Lipinski definition) is 6. The fourth-order valence-corrected chi connectivity index (χ4v) is 3.64. The normalized spacial score (nSPS) is 22.2. The molecule has 0 bridgehead atoms. The molecule has 0 aliphatic carbocycles. The van der Waals surface area contributed by atoms with Gasteiger partial charge in [0.25, 0.3) is 5.91 Å². The first-order chi connectivity index (χ1) is 9.26. The third-order valence-electron chi connectivity index (χ3n) is 3.49. The maximum Gasteiger partial charge on any atom is 0.253 e. The first kappa shape index (κ1) is 14.8. The van der Waals surface area contributed by atoms with Crippen LogP contribution >= 0.6 is 11.3 Å². The summed E-state index contributed by atoms with van der Waals surface area (Å²) in [6.07, 6.45) is 0.917. The third kappa shape index (κ3) is 2.51. The van der Waals surface area contributed by atoms with Gasteiger partial charge in [-0.15, -0.1) is 11.3 Å². The largest absolute Gasteiger partial charge is 0.397 e. The first-order valence-corrected chi connectivity index (χ1v) is 7.31. The summed E-state index contributed by atoms with van der Waals surface area (Å²) in [6, 6.07) is 0. The minimum atomic E-state index is -0.803. The van der Waals surface area contributed by atoms with Crippen molar-refractivity contribution in [3.05, 3.63) is 10.4 Å². The lowest BCUT2D eigenvalue weighted by molar-refractivity contribution is 0.0838. The topological polar surface area (TPSA) is 110 Å². The van der Waals surface area contributed by atoms with Crippen LogP contribution in [0, 0.1) is 0 Å². The lowest BCUT2D eigenvalue weighted by atomic mass is 10.1. The number of carbonyl (C=O) groups is 2. The highest BCUT2D eigenvalue weighted by atomic mass is 32.1. The molecule has 1 aromatic heterocycles. The van der Waals surface area contributed by atoms with E-state index in [1.807, 2.05) is 4.90 Å². The first-order valence-electron chi connectivity index (χ1n) is 6.49. The highest BCUT2D eigenvalue weighted by Crippen LogP contribution is 2.41. The summed E-state index contributed by atoms with van der Waals surface area (Å²) in [4.78, 5) is 25.8. The number of β-amino-alcohol motifs (C(OH)–C–C–N with tert-alkyl or cyclic N) is 1. The second kappa shape index (κ2) is 5.06. The zero-order chi connectivity index (χ0) is 15.1. The van der Waals surface area contributed by atoms with Crippen LogP contribution in [0.25, 0.3) is 0 Å². The molecular weight excluding hydrogens is 278 g/mol. The lowest BCUT2D eigenvalue weighted by Crippen LogP contribution is -2.30. The van der Waals surface area contributed by atoms with Gasteiger partial charge in [0.2, 0.25) is 0 Å². The van der Waals surface area contributed by atoms with Crippen LogP contribution in [0.2, 0.25) is 0 Å². The summed E-state index contributed by atoms with van der Waals surface area (Å²) in [5.74, 6) is -0.748. The molecule has 20 heavy (non-hydrogen) atoms. The van der Waals surface area contributed by atoms with Gasteiger partial charge in [0.1, 0.15) is 5.00 Å². The number of aliphatic hydroxyl groups is 1. The Hall–Kier alpha value is -1.60. The number of ketones is 1. The van der Waals surface area contributed by atoms with Gasteiger partial charge in [0.05, 0.1) is 21.7 Å². The molecule has 0 aromatic carbocycles. The summed E-state index contributed by atoms with van der Waals surface area (Å²) in [7, 11) is 0. The van der Waals surface area contributed by atoms with Crippen molar-refractivity contribution in [1.29, 1.82) is 0 Å². The number of nitrogens with two attached hydrogens (primary N) is 2. The van der Waals surface area contributed by atoms with Crippen LogP contribution in [0.15, 0.2) is 0 Å². The smallest absolute Gasteiger partial charge is 0.253 e. The van der Waals surface area contributed by atoms with E-state index in [0.29, 0.717) is 35.8 Å². The molecular formula is C13H19N3O3S. The molecule has 1 amide bonds. The Bertz CT molecular complexity index is 565. The number of nitrogen functional groups attached to an aromatic ring is 1. The summed E-state index contributed by atoms with van der Waals surface area (Å²) in [6.45, 7) is 4.48. The van der Waals surface area contributed by atoms with Crippen LogP contribution in [-0.2, 0) is 0 Å². The molecule has 5 N–H and O–H groups in total. The van der Waals surface area contributed by atoms with Crippen molar-refractivity contribution in [3.8, 4) is 0 Å². The fraction of sp³-hybridized carbons (Fsp3) is 0.538. The number of Topliss-reactive ketones (excluding diaryl/α,β-unsaturated/α-hetero) is 1. The standard InChI is InChI=1S/C13H19N3O3S/c1-3-7(17)10-9(14)8(11(15)18)12(20-10)16-5-4-13(2,19)6-16/h19H,3-6,14H2,1-2H3,(H2,15,18). The molecule has 1 saturated heterocycles. The van der Waals surface area contributed by atoms with E-state index in [4.69, 9.17) is 11.5 Å². The number of rotatable bonds is 4. The second-order valence-corrected chi connectivity index (χ2v) is 6.33. The summed E-state index contributed by atoms with van der Waals surface area (Å²) < 4.78 is 0. The van der Waals surface area contributed by atoms with Gasteiger partial charge in [0, 0.05) is 19.5 Å². The molecule has 6 nitrogen and oxygen atoms in total. The van der Waals surface area contributed by atoms with Crippen molar-refractivity contribution in [2.24, 2.45) is 5.73 Å². The summed E-state index contributed by atoms with van der Waals surface area (Å²) in [5.41, 5.74) is 10.9. The van der Waals surface area contributed by atoms with E-state index in [2.05, 4.69) is 0 Å². The SMILES string of the molecule is CCC(=O)c1sc(N2CCC(C)(O)C2)c(C(N)=O)c1N. The maximum absolute atomic E-state index is 11.9. The minimum absolute atomic E-state index is 0.104. The van der Waals surface area contributed by atoms with Gasteiger partial charge in [0.15, 0.2) is 5.78 Å². The molecule has 2 heterocycles. The van der Waals surface area contributed by atoms with Gasteiger partial charge in [-0.2, -0.15) is 0 Å². The number of thiophene rings is 1. The summed E-state index contributed by atoms with van der Waals surface area (Å²) in [5, 5.41) is 10.6. The Balaban J connectivity index is 2.47. The average molecular weight is 297 g/mol. The molecule has 1 aliphatic heterocycles. The predicted molar refractivity (Wildman–Crippen MR) is 79.3 cm³/mol. The van der Waals surface area contributed by atoms with Crippen molar-refractivity contribution in [3.63, 3.8) is 0 Å². The van der Waals surface area contributed by atoms with E-state index in [1.54, 1.807) is 13.8 Å². The van der Waals surface area contributed by atoms with Crippen molar-refractivity contribution >= 4 is 33.7 Å². The van der Waals surface area contributed by atoms with Crippen LogP contribution in [0.5, 0.6) is 0 Å². The van der Waals surface area contributed by atoms with Gasteiger partial charge in [-0.3, -0.25) is 9.59 Å². The van der Waals surface area contributed by atoms with Gasteiger partial charge >= 0.3 is 0 Å². The Kier molecular flexibility index (Phi) is 3.75. The third-order valence-corrected chi connectivity index (χ3v) is 4.79. The van der Waals surface area contributed by atoms with E-state index in [9.17, 15) is 14.7 Å². The van der Waals surface area contributed by atoms with E-state index < -0.39 is 11.5 Å². The number of primary amides is 1. The quantitative estimate of drug-likeness (QED) is 0.718. The molecule has 0 radical (unpaired) electrons. The Morgan fingerprint density at radius 2 is 2.15 bits per heavy atom. The van der Waals surface area contributed by atoms with Crippen LogP contribution in [0.4, 0.5) is 10.7 Å².